The lowest BCUT2D eigenvalue weighted by Gasteiger charge is -2.32. The fourth-order valence-electron chi connectivity index (χ4n) is 3.99. The lowest BCUT2D eigenvalue weighted by Crippen LogP contribution is -2.52. The molecule has 0 aromatic heterocycles. The molecule has 0 aliphatic rings. The van der Waals surface area contributed by atoms with Crippen molar-refractivity contribution >= 4 is 27.5 Å². The smallest absolute Gasteiger partial charge is 0.264 e. The number of carbonyl (C=O) groups is 2. The van der Waals surface area contributed by atoms with Crippen molar-refractivity contribution in [2.24, 2.45) is 0 Å². The van der Waals surface area contributed by atoms with Crippen LogP contribution in [-0.2, 0) is 26.2 Å². The Morgan fingerprint density at radius 1 is 1.00 bits per heavy atom. The highest BCUT2D eigenvalue weighted by molar-refractivity contribution is 7.92. The minimum absolute atomic E-state index is 0.0165. The van der Waals surface area contributed by atoms with Crippen LogP contribution in [0.25, 0.3) is 0 Å². The Morgan fingerprint density at radius 3 is 2.25 bits per heavy atom. The number of nitrogens with one attached hydrogen (secondary N) is 1. The number of rotatable bonds is 12. The number of sulfonamides is 1. The minimum atomic E-state index is -4.22. The van der Waals surface area contributed by atoms with Gasteiger partial charge in [-0.05, 0) is 81.3 Å². The van der Waals surface area contributed by atoms with Crippen LogP contribution in [0, 0.1) is 12.7 Å². The summed E-state index contributed by atoms with van der Waals surface area (Å²) in [6.07, 6.45) is 0.704. The number of nitrogens with zero attached hydrogens (tertiary/aromatic N) is 2. The molecule has 0 heterocycles. The summed E-state index contributed by atoms with van der Waals surface area (Å²) >= 11 is 0. The van der Waals surface area contributed by atoms with Crippen molar-refractivity contribution in [3.8, 4) is 5.75 Å². The van der Waals surface area contributed by atoms with Gasteiger partial charge in [0, 0.05) is 12.6 Å². The lowest BCUT2D eigenvalue weighted by molar-refractivity contribution is -0.139. The highest BCUT2D eigenvalue weighted by Crippen LogP contribution is 2.25. The third kappa shape index (κ3) is 7.59. The van der Waals surface area contributed by atoms with Crippen LogP contribution in [0.15, 0.2) is 77.7 Å². The van der Waals surface area contributed by atoms with E-state index in [4.69, 9.17) is 4.74 Å². The predicted molar refractivity (Wildman–Crippen MR) is 153 cm³/mol. The molecule has 0 spiro atoms. The Bertz CT molecular complexity index is 1410. The van der Waals surface area contributed by atoms with Gasteiger partial charge in [0.1, 0.15) is 24.2 Å². The number of halogens is 1. The average molecular weight is 570 g/mol. The van der Waals surface area contributed by atoms with Crippen LogP contribution in [-0.4, -0.2) is 50.9 Å². The van der Waals surface area contributed by atoms with Gasteiger partial charge in [0.05, 0.1) is 17.7 Å². The molecule has 8 nitrogen and oxygen atoms in total. The first-order valence-corrected chi connectivity index (χ1v) is 14.5. The molecule has 2 atom stereocenters. The molecular formula is C30H36FN3O5S. The first kappa shape index (κ1) is 30.6. The highest BCUT2D eigenvalue weighted by atomic mass is 32.2. The molecule has 3 aromatic rings. The van der Waals surface area contributed by atoms with Crippen molar-refractivity contribution < 1.29 is 27.1 Å². The van der Waals surface area contributed by atoms with E-state index in [0.29, 0.717) is 17.7 Å². The van der Waals surface area contributed by atoms with Crippen LogP contribution in [0.3, 0.4) is 0 Å². The van der Waals surface area contributed by atoms with Crippen LogP contribution in [0.5, 0.6) is 5.75 Å². The maximum Gasteiger partial charge on any atom is 0.264 e. The number of hydrogen-bond donors (Lipinski definition) is 1. The number of methoxy groups -OCH3 is 1. The van der Waals surface area contributed by atoms with E-state index in [0.717, 1.165) is 22.0 Å². The van der Waals surface area contributed by atoms with E-state index in [9.17, 15) is 22.4 Å². The van der Waals surface area contributed by atoms with Crippen molar-refractivity contribution in [2.75, 3.05) is 18.0 Å². The zero-order chi connectivity index (χ0) is 29.4. The van der Waals surface area contributed by atoms with Crippen LogP contribution >= 0.6 is 0 Å². The molecule has 0 aliphatic carbocycles. The molecule has 0 radical (unpaired) electrons. The summed E-state index contributed by atoms with van der Waals surface area (Å²) in [6, 6.07) is 17.2. The van der Waals surface area contributed by atoms with Gasteiger partial charge in [0.25, 0.3) is 10.0 Å². The van der Waals surface area contributed by atoms with Gasteiger partial charge in [-0.3, -0.25) is 13.9 Å². The second kappa shape index (κ2) is 13.4. The second-order valence-corrected chi connectivity index (χ2v) is 11.5. The Labute approximate surface area is 235 Å². The Morgan fingerprint density at radius 2 is 1.65 bits per heavy atom. The standard InChI is InChI=1S/C30H36FN3O5S/c1-6-22(3)32-30(36)23(4)33(19-24-8-7-9-27(18-24)39-5)29(35)20-34(26-14-12-25(31)13-15-26)40(37,38)28-16-10-21(2)11-17-28/h7-18,22-23H,6,19-20H2,1-5H3,(H,32,36)/t22-,23-/m1/s1. The topological polar surface area (TPSA) is 96.0 Å². The quantitative estimate of drug-likeness (QED) is 0.342. The largest absolute Gasteiger partial charge is 0.497 e. The molecule has 10 heteroatoms. The van der Waals surface area contributed by atoms with Crippen LogP contribution < -0.4 is 14.4 Å². The minimum Gasteiger partial charge on any atom is -0.497 e. The molecule has 1 N–H and O–H groups in total. The van der Waals surface area contributed by atoms with Gasteiger partial charge < -0.3 is 15.0 Å². The number of anilines is 1. The van der Waals surface area contributed by atoms with Crippen molar-refractivity contribution in [1.82, 2.24) is 10.2 Å². The van der Waals surface area contributed by atoms with Gasteiger partial charge in [0.2, 0.25) is 11.8 Å². The summed E-state index contributed by atoms with van der Waals surface area (Å²) in [5.41, 5.74) is 1.69. The SMILES string of the molecule is CC[C@@H](C)NC(=O)[C@@H](C)N(Cc1cccc(OC)c1)C(=O)CN(c1ccc(F)cc1)S(=O)(=O)c1ccc(C)cc1. The van der Waals surface area contributed by atoms with E-state index in [2.05, 4.69) is 5.32 Å². The van der Waals surface area contributed by atoms with E-state index in [1.165, 1.54) is 36.3 Å². The molecule has 0 aliphatic heterocycles. The first-order chi connectivity index (χ1) is 19.0. The molecule has 214 valence electrons. The van der Waals surface area contributed by atoms with Crippen molar-refractivity contribution in [2.45, 2.75) is 57.6 Å². The fraction of sp³-hybridized carbons (Fsp3) is 0.333. The maximum absolute atomic E-state index is 13.9. The van der Waals surface area contributed by atoms with Crippen molar-refractivity contribution in [3.05, 3.63) is 89.7 Å². The Kier molecular flexibility index (Phi) is 10.3. The molecular weight excluding hydrogens is 533 g/mol. The second-order valence-electron chi connectivity index (χ2n) is 9.67. The molecule has 0 fully saturated rings. The highest BCUT2D eigenvalue weighted by Gasteiger charge is 2.32. The number of carbonyl (C=O) groups excluding carboxylic acids is 2. The summed E-state index contributed by atoms with van der Waals surface area (Å²) in [4.78, 5) is 28.4. The van der Waals surface area contributed by atoms with Crippen molar-refractivity contribution in [3.63, 3.8) is 0 Å². The molecule has 0 saturated heterocycles. The molecule has 0 unspecified atom stereocenters. The molecule has 3 rings (SSSR count). The van der Waals surface area contributed by atoms with Gasteiger partial charge in [-0.2, -0.15) is 0 Å². The maximum atomic E-state index is 13.9. The van der Waals surface area contributed by atoms with Gasteiger partial charge in [-0.25, -0.2) is 12.8 Å². The molecule has 3 aromatic carbocycles. The van der Waals surface area contributed by atoms with E-state index in [1.54, 1.807) is 43.3 Å². The Hall–Kier alpha value is -3.92. The van der Waals surface area contributed by atoms with Gasteiger partial charge in [-0.1, -0.05) is 36.8 Å². The number of aryl methyl sites for hydroxylation is 1. The summed E-state index contributed by atoms with van der Waals surface area (Å²) in [5.74, 6) is -0.927. The number of benzene rings is 3. The average Bonchev–Trinajstić information content (AvgIpc) is 2.94. The van der Waals surface area contributed by atoms with Crippen LogP contribution in [0.4, 0.5) is 10.1 Å². The number of hydrogen-bond acceptors (Lipinski definition) is 5. The molecule has 40 heavy (non-hydrogen) atoms. The van der Waals surface area contributed by atoms with Gasteiger partial charge in [0.15, 0.2) is 0 Å². The third-order valence-electron chi connectivity index (χ3n) is 6.66. The van der Waals surface area contributed by atoms with Crippen LogP contribution in [0.1, 0.15) is 38.3 Å². The summed E-state index contributed by atoms with van der Waals surface area (Å²) in [6.45, 7) is 6.67. The zero-order valence-electron chi connectivity index (χ0n) is 23.4. The lowest BCUT2D eigenvalue weighted by atomic mass is 10.1. The molecule has 0 saturated carbocycles. The fourth-order valence-corrected chi connectivity index (χ4v) is 5.40. The summed E-state index contributed by atoms with van der Waals surface area (Å²) < 4.78 is 47.6. The first-order valence-electron chi connectivity index (χ1n) is 13.0. The van der Waals surface area contributed by atoms with E-state index in [1.807, 2.05) is 20.8 Å². The third-order valence-corrected chi connectivity index (χ3v) is 8.45. The normalized spacial score (nSPS) is 12.8. The number of ether oxygens (including phenoxy) is 1. The van der Waals surface area contributed by atoms with E-state index in [-0.39, 0.29) is 29.1 Å². The van der Waals surface area contributed by atoms with Crippen LogP contribution in [0.2, 0.25) is 0 Å². The number of amides is 2. The van der Waals surface area contributed by atoms with Gasteiger partial charge >= 0.3 is 0 Å². The monoisotopic (exact) mass is 569 g/mol. The summed E-state index contributed by atoms with van der Waals surface area (Å²) in [5, 5.41) is 2.89. The molecule has 2 amide bonds. The molecule has 0 bridgehead atoms. The van der Waals surface area contributed by atoms with Gasteiger partial charge in [-0.15, -0.1) is 0 Å². The zero-order valence-corrected chi connectivity index (χ0v) is 24.2. The van der Waals surface area contributed by atoms with E-state index < -0.39 is 34.3 Å². The Balaban J connectivity index is 2.03. The predicted octanol–water partition coefficient (Wildman–Crippen LogP) is 4.67. The summed E-state index contributed by atoms with van der Waals surface area (Å²) in [7, 11) is -2.69. The van der Waals surface area contributed by atoms with Crippen molar-refractivity contribution in [1.29, 1.82) is 0 Å². The van der Waals surface area contributed by atoms with E-state index >= 15 is 0 Å².